The standard InChI is InChI=1S/C12H19N3/c1-12(4-6-13-7-5-12)15-9-14-8-11(15)10-2-3-10/h8-10,13H,2-7H2,1H3. The third kappa shape index (κ3) is 1.59. The quantitative estimate of drug-likeness (QED) is 0.798. The van der Waals surface area contributed by atoms with E-state index in [-0.39, 0.29) is 0 Å². The van der Waals surface area contributed by atoms with Gasteiger partial charge in [0.15, 0.2) is 0 Å². The van der Waals surface area contributed by atoms with Crippen molar-refractivity contribution >= 4 is 0 Å². The van der Waals surface area contributed by atoms with E-state index in [0.717, 1.165) is 19.0 Å². The number of rotatable bonds is 2. The molecule has 1 aromatic heterocycles. The molecule has 1 saturated heterocycles. The van der Waals surface area contributed by atoms with Crippen molar-refractivity contribution in [3.63, 3.8) is 0 Å². The highest BCUT2D eigenvalue weighted by Gasteiger charge is 2.34. The van der Waals surface area contributed by atoms with Gasteiger partial charge in [-0.2, -0.15) is 0 Å². The molecule has 0 aromatic carbocycles. The second kappa shape index (κ2) is 3.34. The van der Waals surface area contributed by atoms with Gasteiger partial charge >= 0.3 is 0 Å². The van der Waals surface area contributed by atoms with Crippen LogP contribution >= 0.6 is 0 Å². The zero-order chi connectivity index (χ0) is 10.3. The molecule has 0 amide bonds. The molecular formula is C12H19N3. The Morgan fingerprint density at radius 1 is 1.40 bits per heavy atom. The van der Waals surface area contributed by atoms with Gasteiger partial charge in [-0.3, -0.25) is 0 Å². The normalized spacial score (nSPS) is 25.4. The Morgan fingerprint density at radius 3 is 2.80 bits per heavy atom. The van der Waals surface area contributed by atoms with E-state index in [1.54, 1.807) is 0 Å². The fraction of sp³-hybridized carbons (Fsp3) is 0.750. The molecule has 0 atom stereocenters. The molecule has 0 spiro atoms. The maximum Gasteiger partial charge on any atom is 0.0953 e. The Bertz CT molecular complexity index is 346. The van der Waals surface area contributed by atoms with Crippen LogP contribution in [0.2, 0.25) is 0 Å². The van der Waals surface area contributed by atoms with Crippen LogP contribution in [0.15, 0.2) is 12.5 Å². The molecule has 1 N–H and O–H groups in total. The van der Waals surface area contributed by atoms with E-state index in [4.69, 9.17) is 0 Å². The molecule has 0 bridgehead atoms. The molecule has 15 heavy (non-hydrogen) atoms. The van der Waals surface area contributed by atoms with Crippen molar-refractivity contribution in [1.82, 2.24) is 14.9 Å². The lowest BCUT2D eigenvalue weighted by atomic mass is 9.90. The molecule has 2 aliphatic rings. The second-order valence-corrected chi connectivity index (χ2v) is 5.21. The molecule has 1 aromatic rings. The second-order valence-electron chi connectivity index (χ2n) is 5.21. The lowest BCUT2D eigenvalue weighted by Crippen LogP contribution is -2.42. The van der Waals surface area contributed by atoms with E-state index in [1.165, 1.54) is 31.4 Å². The third-order valence-corrected chi connectivity index (χ3v) is 3.93. The Kier molecular flexibility index (Phi) is 2.09. The highest BCUT2D eigenvalue weighted by Crippen LogP contribution is 2.42. The molecular weight excluding hydrogens is 186 g/mol. The summed E-state index contributed by atoms with van der Waals surface area (Å²) in [6.07, 6.45) is 9.29. The van der Waals surface area contributed by atoms with Gasteiger partial charge in [-0.05, 0) is 45.7 Å². The Labute approximate surface area is 90.9 Å². The minimum Gasteiger partial charge on any atom is -0.328 e. The van der Waals surface area contributed by atoms with Crippen LogP contribution in [0.4, 0.5) is 0 Å². The Balaban J connectivity index is 1.92. The van der Waals surface area contributed by atoms with Crippen LogP contribution in [0.5, 0.6) is 0 Å². The van der Waals surface area contributed by atoms with E-state index in [0.29, 0.717) is 5.54 Å². The summed E-state index contributed by atoms with van der Waals surface area (Å²) in [5.74, 6) is 0.805. The van der Waals surface area contributed by atoms with E-state index in [9.17, 15) is 0 Å². The zero-order valence-corrected chi connectivity index (χ0v) is 9.37. The van der Waals surface area contributed by atoms with Crippen molar-refractivity contribution in [2.75, 3.05) is 13.1 Å². The van der Waals surface area contributed by atoms with Gasteiger partial charge in [0.1, 0.15) is 0 Å². The summed E-state index contributed by atoms with van der Waals surface area (Å²) in [7, 11) is 0. The first-order valence-corrected chi connectivity index (χ1v) is 6.03. The van der Waals surface area contributed by atoms with Gasteiger partial charge in [0.05, 0.1) is 6.33 Å². The summed E-state index contributed by atoms with van der Waals surface area (Å²) in [6, 6.07) is 0. The molecule has 0 unspecified atom stereocenters. The van der Waals surface area contributed by atoms with Crippen LogP contribution in [-0.4, -0.2) is 22.6 Å². The maximum absolute atomic E-state index is 4.35. The molecule has 3 rings (SSSR count). The number of hydrogen-bond acceptors (Lipinski definition) is 2. The number of nitrogens with zero attached hydrogens (tertiary/aromatic N) is 2. The van der Waals surface area contributed by atoms with Gasteiger partial charge in [0, 0.05) is 23.3 Å². The number of aromatic nitrogens is 2. The van der Waals surface area contributed by atoms with E-state index in [2.05, 4.69) is 28.0 Å². The number of imidazole rings is 1. The van der Waals surface area contributed by atoms with Gasteiger partial charge in [-0.1, -0.05) is 0 Å². The average Bonchev–Trinajstić information content (AvgIpc) is 2.97. The van der Waals surface area contributed by atoms with Crippen molar-refractivity contribution in [3.05, 3.63) is 18.2 Å². The van der Waals surface area contributed by atoms with Gasteiger partial charge < -0.3 is 9.88 Å². The SMILES string of the molecule is CC1(n2cncc2C2CC2)CCNCC1. The first-order chi connectivity index (χ1) is 7.30. The van der Waals surface area contributed by atoms with Crippen molar-refractivity contribution in [3.8, 4) is 0 Å². The summed E-state index contributed by atoms with van der Waals surface area (Å²) in [6.45, 7) is 4.65. The van der Waals surface area contributed by atoms with Gasteiger partial charge in [0.2, 0.25) is 0 Å². The van der Waals surface area contributed by atoms with Crippen molar-refractivity contribution in [1.29, 1.82) is 0 Å². The van der Waals surface area contributed by atoms with Crippen LogP contribution in [-0.2, 0) is 5.54 Å². The summed E-state index contributed by atoms with van der Waals surface area (Å²) in [5.41, 5.74) is 1.78. The maximum atomic E-state index is 4.35. The van der Waals surface area contributed by atoms with Crippen LogP contribution in [0.1, 0.15) is 44.2 Å². The fourth-order valence-corrected chi connectivity index (χ4v) is 2.64. The minimum absolute atomic E-state index is 0.305. The first kappa shape index (κ1) is 9.40. The molecule has 3 heteroatoms. The summed E-state index contributed by atoms with van der Waals surface area (Å²) in [4.78, 5) is 4.35. The molecule has 2 heterocycles. The van der Waals surface area contributed by atoms with Crippen molar-refractivity contribution in [2.24, 2.45) is 0 Å². The Hall–Kier alpha value is -0.830. The molecule has 1 aliphatic carbocycles. The fourth-order valence-electron chi connectivity index (χ4n) is 2.64. The number of hydrogen-bond donors (Lipinski definition) is 1. The third-order valence-electron chi connectivity index (χ3n) is 3.93. The first-order valence-electron chi connectivity index (χ1n) is 6.03. The van der Waals surface area contributed by atoms with E-state index in [1.807, 2.05) is 6.33 Å². The van der Waals surface area contributed by atoms with Crippen LogP contribution in [0.3, 0.4) is 0 Å². The predicted octanol–water partition coefficient (Wildman–Crippen LogP) is 1.86. The highest BCUT2D eigenvalue weighted by atomic mass is 15.1. The molecule has 1 saturated carbocycles. The van der Waals surface area contributed by atoms with Gasteiger partial charge in [0.25, 0.3) is 0 Å². The smallest absolute Gasteiger partial charge is 0.0953 e. The van der Waals surface area contributed by atoms with Crippen LogP contribution in [0, 0.1) is 0 Å². The molecule has 0 radical (unpaired) electrons. The average molecular weight is 205 g/mol. The van der Waals surface area contributed by atoms with Gasteiger partial charge in [-0.25, -0.2) is 4.98 Å². The Morgan fingerprint density at radius 2 is 2.13 bits per heavy atom. The molecule has 82 valence electrons. The summed E-state index contributed by atoms with van der Waals surface area (Å²) < 4.78 is 2.45. The van der Waals surface area contributed by atoms with Gasteiger partial charge in [-0.15, -0.1) is 0 Å². The van der Waals surface area contributed by atoms with Crippen LogP contribution < -0.4 is 5.32 Å². The largest absolute Gasteiger partial charge is 0.328 e. The monoisotopic (exact) mass is 205 g/mol. The van der Waals surface area contributed by atoms with Crippen LogP contribution in [0.25, 0.3) is 0 Å². The lowest BCUT2D eigenvalue weighted by molar-refractivity contribution is 0.226. The van der Waals surface area contributed by atoms with E-state index < -0.39 is 0 Å². The highest BCUT2D eigenvalue weighted by molar-refractivity contribution is 5.15. The summed E-state index contributed by atoms with van der Waals surface area (Å²) >= 11 is 0. The number of piperidine rings is 1. The predicted molar refractivity (Wildman–Crippen MR) is 60.0 cm³/mol. The van der Waals surface area contributed by atoms with Crippen molar-refractivity contribution in [2.45, 2.75) is 44.1 Å². The topological polar surface area (TPSA) is 29.9 Å². The summed E-state index contributed by atoms with van der Waals surface area (Å²) in [5, 5.41) is 3.43. The van der Waals surface area contributed by atoms with E-state index >= 15 is 0 Å². The zero-order valence-electron chi connectivity index (χ0n) is 9.37. The number of nitrogens with one attached hydrogen (secondary N) is 1. The van der Waals surface area contributed by atoms with Crippen molar-refractivity contribution < 1.29 is 0 Å². The lowest BCUT2D eigenvalue weighted by Gasteiger charge is -2.36. The minimum atomic E-state index is 0.305. The molecule has 3 nitrogen and oxygen atoms in total. The molecule has 1 aliphatic heterocycles. The molecule has 2 fully saturated rings.